The molecule has 1 aliphatic heterocycles. The number of halogens is 2. The van der Waals surface area contributed by atoms with Crippen molar-refractivity contribution >= 4 is 0 Å². The summed E-state index contributed by atoms with van der Waals surface area (Å²) in [6, 6.07) is 6.58. The maximum atomic E-state index is 13.5. The summed E-state index contributed by atoms with van der Waals surface area (Å²) in [4.78, 5) is 13.6. The molecule has 3 rings (SSSR count). The zero-order valence-electron chi connectivity index (χ0n) is 11.4. The third-order valence-electron chi connectivity index (χ3n) is 3.65. The number of rotatable bonds is 4. The number of hydrogen-bond acceptors (Lipinski definition) is 3. The minimum absolute atomic E-state index is 0.118. The highest BCUT2D eigenvalue weighted by Crippen LogP contribution is 2.21. The molecule has 110 valence electrons. The van der Waals surface area contributed by atoms with Crippen molar-refractivity contribution in [2.24, 2.45) is 5.92 Å². The van der Waals surface area contributed by atoms with Gasteiger partial charge >= 0.3 is 0 Å². The first kappa shape index (κ1) is 13.9. The van der Waals surface area contributed by atoms with Crippen molar-refractivity contribution in [3.8, 4) is 0 Å². The summed E-state index contributed by atoms with van der Waals surface area (Å²) in [6.45, 7) is 2.44. The summed E-state index contributed by atoms with van der Waals surface area (Å²) in [5.74, 6) is -0.501. The van der Waals surface area contributed by atoms with Crippen LogP contribution in [0.1, 0.15) is 5.56 Å². The minimum atomic E-state index is -0.427. The Hall–Kier alpha value is -2.08. The smallest absolute Gasteiger partial charge is 0.266 e. The quantitative estimate of drug-likeness (QED) is 0.860. The van der Waals surface area contributed by atoms with Crippen molar-refractivity contribution < 1.29 is 8.78 Å². The molecule has 0 aliphatic carbocycles. The van der Waals surface area contributed by atoms with Crippen LogP contribution in [0.25, 0.3) is 0 Å². The number of benzene rings is 1. The Morgan fingerprint density at radius 3 is 2.81 bits per heavy atom. The molecule has 0 unspecified atom stereocenters. The summed E-state index contributed by atoms with van der Waals surface area (Å²) in [7, 11) is 0. The SMILES string of the molecule is O=c1cccnn1CC1CN(Cc2cc(F)ccc2F)C1. The van der Waals surface area contributed by atoms with Gasteiger partial charge in [-0.3, -0.25) is 9.69 Å². The van der Waals surface area contributed by atoms with Gasteiger partial charge in [0.1, 0.15) is 11.6 Å². The lowest BCUT2D eigenvalue weighted by Gasteiger charge is -2.39. The molecule has 0 atom stereocenters. The van der Waals surface area contributed by atoms with E-state index in [-0.39, 0.29) is 11.4 Å². The second-order valence-corrected chi connectivity index (χ2v) is 5.34. The van der Waals surface area contributed by atoms with Crippen LogP contribution in [0.15, 0.2) is 41.3 Å². The second-order valence-electron chi connectivity index (χ2n) is 5.34. The third kappa shape index (κ3) is 3.16. The van der Waals surface area contributed by atoms with Crippen LogP contribution in [-0.2, 0) is 13.1 Å². The number of hydrogen-bond donors (Lipinski definition) is 0. The van der Waals surface area contributed by atoms with Gasteiger partial charge in [0.2, 0.25) is 0 Å². The van der Waals surface area contributed by atoms with Gasteiger partial charge < -0.3 is 0 Å². The lowest BCUT2D eigenvalue weighted by atomic mass is 9.99. The van der Waals surface area contributed by atoms with Crippen molar-refractivity contribution in [1.29, 1.82) is 0 Å². The van der Waals surface area contributed by atoms with Gasteiger partial charge in [0.15, 0.2) is 0 Å². The van der Waals surface area contributed by atoms with Crippen LogP contribution in [0.4, 0.5) is 8.78 Å². The normalized spacial score (nSPS) is 15.9. The topological polar surface area (TPSA) is 38.1 Å². The maximum absolute atomic E-state index is 13.5. The summed E-state index contributed by atoms with van der Waals surface area (Å²) < 4.78 is 28.1. The van der Waals surface area contributed by atoms with E-state index in [0.717, 1.165) is 25.2 Å². The molecular weight excluding hydrogens is 276 g/mol. The highest BCUT2D eigenvalue weighted by atomic mass is 19.1. The molecule has 1 saturated heterocycles. The highest BCUT2D eigenvalue weighted by molar-refractivity contribution is 5.19. The molecule has 4 nitrogen and oxygen atoms in total. The van der Waals surface area contributed by atoms with Crippen LogP contribution < -0.4 is 5.56 Å². The largest absolute Gasteiger partial charge is 0.298 e. The molecule has 0 radical (unpaired) electrons. The molecule has 0 bridgehead atoms. The standard InChI is InChI=1S/C15H15F2N3O/c16-13-3-4-14(17)12(6-13)10-19-7-11(8-19)9-20-15(21)2-1-5-18-20/h1-6,11H,7-10H2. The zero-order valence-corrected chi connectivity index (χ0v) is 11.4. The fourth-order valence-electron chi connectivity index (χ4n) is 2.60. The van der Waals surface area contributed by atoms with Crippen molar-refractivity contribution in [3.05, 3.63) is 64.1 Å². The molecule has 1 fully saturated rings. The van der Waals surface area contributed by atoms with Gasteiger partial charge in [0, 0.05) is 43.4 Å². The molecule has 0 N–H and O–H groups in total. The number of nitrogens with zero attached hydrogens (tertiary/aromatic N) is 3. The average molecular weight is 291 g/mol. The zero-order chi connectivity index (χ0) is 14.8. The van der Waals surface area contributed by atoms with E-state index in [9.17, 15) is 13.6 Å². The Labute approximate surface area is 120 Å². The fraction of sp³-hybridized carbons (Fsp3) is 0.333. The van der Waals surface area contributed by atoms with Gasteiger partial charge in [-0.15, -0.1) is 0 Å². The van der Waals surface area contributed by atoms with Crippen LogP contribution in [0.3, 0.4) is 0 Å². The first-order chi connectivity index (χ1) is 10.1. The van der Waals surface area contributed by atoms with Gasteiger partial charge in [-0.25, -0.2) is 13.5 Å². The third-order valence-corrected chi connectivity index (χ3v) is 3.65. The molecule has 1 aromatic carbocycles. The monoisotopic (exact) mass is 291 g/mol. The van der Waals surface area contributed by atoms with E-state index >= 15 is 0 Å². The molecule has 1 aliphatic rings. The first-order valence-electron chi connectivity index (χ1n) is 6.80. The highest BCUT2D eigenvalue weighted by Gasteiger charge is 2.28. The van der Waals surface area contributed by atoms with E-state index in [2.05, 4.69) is 5.10 Å². The minimum Gasteiger partial charge on any atom is -0.298 e. The molecule has 21 heavy (non-hydrogen) atoms. The molecule has 0 saturated carbocycles. The van der Waals surface area contributed by atoms with E-state index in [1.54, 1.807) is 12.3 Å². The van der Waals surface area contributed by atoms with Crippen molar-refractivity contribution in [3.63, 3.8) is 0 Å². The molecule has 2 aromatic rings. The molecular formula is C15H15F2N3O. The van der Waals surface area contributed by atoms with Gasteiger partial charge in [-0.1, -0.05) is 0 Å². The van der Waals surface area contributed by atoms with Gasteiger partial charge in [0.25, 0.3) is 5.56 Å². The van der Waals surface area contributed by atoms with Crippen LogP contribution in [0.2, 0.25) is 0 Å². The van der Waals surface area contributed by atoms with Crippen LogP contribution >= 0.6 is 0 Å². The fourth-order valence-corrected chi connectivity index (χ4v) is 2.60. The van der Waals surface area contributed by atoms with Crippen molar-refractivity contribution in [1.82, 2.24) is 14.7 Å². The Kier molecular flexibility index (Phi) is 3.79. The van der Waals surface area contributed by atoms with Gasteiger partial charge in [-0.05, 0) is 24.3 Å². The Bertz CT molecular complexity index is 695. The van der Waals surface area contributed by atoms with Crippen LogP contribution in [-0.4, -0.2) is 27.8 Å². The summed E-state index contributed by atoms with van der Waals surface area (Å²) >= 11 is 0. The maximum Gasteiger partial charge on any atom is 0.266 e. The lowest BCUT2D eigenvalue weighted by molar-refractivity contribution is 0.0754. The predicted octanol–water partition coefficient (Wildman–Crippen LogP) is 1.65. The average Bonchev–Trinajstić information content (AvgIpc) is 2.42. The predicted molar refractivity (Wildman–Crippen MR) is 73.6 cm³/mol. The Morgan fingerprint density at radius 1 is 1.24 bits per heavy atom. The molecule has 0 amide bonds. The summed E-state index contributed by atoms with van der Waals surface area (Å²) in [5.41, 5.74) is 0.246. The van der Waals surface area contributed by atoms with Crippen molar-refractivity contribution in [2.45, 2.75) is 13.1 Å². The van der Waals surface area contributed by atoms with Gasteiger partial charge in [0.05, 0.1) is 6.54 Å². The van der Waals surface area contributed by atoms with E-state index in [1.165, 1.54) is 16.8 Å². The van der Waals surface area contributed by atoms with E-state index in [0.29, 0.717) is 24.6 Å². The van der Waals surface area contributed by atoms with Gasteiger partial charge in [-0.2, -0.15) is 5.10 Å². The second kappa shape index (κ2) is 5.73. The van der Waals surface area contributed by atoms with Crippen LogP contribution in [0, 0.1) is 17.6 Å². The molecule has 6 heteroatoms. The number of likely N-dealkylation sites (tertiary alicyclic amines) is 1. The van der Waals surface area contributed by atoms with Crippen molar-refractivity contribution in [2.75, 3.05) is 13.1 Å². The van der Waals surface area contributed by atoms with E-state index in [4.69, 9.17) is 0 Å². The molecule has 1 aromatic heterocycles. The van der Waals surface area contributed by atoms with E-state index < -0.39 is 5.82 Å². The Balaban J connectivity index is 1.55. The number of aromatic nitrogens is 2. The molecule has 2 heterocycles. The molecule has 0 spiro atoms. The van der Waals surface area contributed by atoms with Crippen LogP contribution in [0.5, 0.6) is 0 Å². The first-order valence-corrected chi connectivity index (χ1v) is 6.80. The summed E-state index contributed by atoms with van der Waals surface area (Å²) in [6.07, 6.45) is 1.58. The van der Waals surface area contributed by atoms with E-state index in [1.807, 2.05) is 4.90 Å². The Morgan fingerprint density at radius 2 is 2.05 bits per heavy atom. The lowest BCUT2D eigenvalue weighted by Crippen LogP contribution is -2.48. The summed E-state index contributed by atoms with van der Waals surface area (Å²) in [5, 5.41) is 4.01.